The Morgan fingerprint density at radius 2 is 1.72 bits per heavy atom. The van der Waals surface area contributed by atoms with Crippen molar-refractivity contribution in [1.29, 1.82) is 0 Å². The number of fused-ring (bicyclic) bond motifs is 4. The van der Waals surface area contributed by atoms with E-state index in [1.807, 2.05) is 0 Å². The van der Waals surface area contributed by atoms with Crippen LogP contribution in [0, 0.1) is 0 Å². The smallest absolute Gasteiger partial charge is 0.382 e. The van der Waals surface area contributed by atoms with E-state index < -0.39 is 83.0 Å². The van der Waals surface area contributed by atoms with Crippen molar-refractivity contribution < 1.29 is 56.0 Å². The van der Waals surface area contributed by atoms with E-state index >= 15 is 0 Å². The highest BCUT2D eigenvalue weighted by atomic mass is 31.2. The van der Waals surface area contributed by atoms with Crippen LogP contribution in [-0.2, 0) is 46.2 Å². The molecule has 47 heavy (non-hydrogen) atoms. The van der Waals surface area contributed by atoms with Gasteiger partial charge in [0, 0.05) is 7.11 Å². The second-order valence-corrected chi connectivity index (χ2v) is 13.9. The highest BCUT2D eigenvalue weighted by Gasteiger charge is 2.66. The summed E-state index contributed by atoms with van der Waals surface area (Å²) in [6.45, 7) is -1.62. The van der Waals surface area contributed by atoms with E-state index in [1.165, 1.54) is 35.2 Å². The number of nitrogen functional groups attached to an aromatic ring is 2. The standard InChI is InChI=1S/C22H26N10O13P2/c1-38-11-8-2-40-46(34,35)45-14-13-20(31-6-27-9-15(23)25-5-26-16(9)31)43-22(14,3-39-13)4-41-47(36,37)44-12(11)19(42-8)32-7-28-10-17(32)29-21(24)30-18(10)33/h5-8,11-14,19-20H,2-4H2,1H3,(H,34,35)(H,36,37)(H2,23,25,26)(H3,24,29,30,33). The molecule has 0 aliphatic carbocycles. The Kier molecular flexibility index (Phi) is 7.08. The number of hydrogen-bond donors (Lipinski definition) is 5. The third-order valence-corrected chi connectivity index (χ3v) is 10.2. The molecule has 0 spiro atoms. The van der Waals surface area contributed by atoms with Gasteiger partial charge in [0.25, 0.3) is 5.56 Å². The van der Waals surface area contributed by atoms with Crippen LogP contribution in [0.15, 0.2) is 23.8 Å². The summed E-state index contributed by atoms with van der Waals surface area (Å²) in [5.41, 5.74) is 9.64. The fourth-order valence-corrected chi connectivity index (χ4v) is 8.21. The van der Waals surface area contributed by atoms with Gasteiger partial charge in [-0.1, -0.05) is 0 Å². The Hall–Kier alpha value is -3.44. The number of nitrogens with two attached hydrogens (primary N) is 2. The molecule has 4 saturated heterocycles. The van der Waals surface area contributed by atoms with E-state index in [0.717, 1.165) is 0 Å². The number of anilines is 2. The molecule has 23 nitrogen and oxygen atoms in total. The number of rotatable bonds is 3. The number of ether oxygens (including phenoxy) is 4. The molecule has 4 aliphatic heterocycles. The third kappa shape index (κ3) is 4.98. The average Bonchev–Trinajstić information content (AvgIpc) is 3.82. The van der Waals surface area contributed by atoms with Crippen LogP contribution in [0.2, 0.25) is 0 Å². The van der Waals surface area contributed by atoms with E-state index in [2.05, 4.69) is 29.9 Å². The zero-order chi connectivity index (χ0) is 32.9. The number of phosphoric acid groups is 2. The van der Waals surface area contributed by atoms with Crippen molar-refractivity contribution in [1.82, 2.24) is 39.0 Å². The molecule has 4 bridgehead atoms. The number of methoxy groups -OCH3 is 1. The SMILES string of the molecule is COC1C2COP(=O)(O)OC3C4OCC3(COP(=O)(O)OC1C(n1cnc3c(=O)[nH]c(N)nc31)O2)OC4n1cnc2c(N)ncnc21. The molecule has 0 aromatic carbocycles. The lowest BCUT2D eigenvalue weighted by Crippen LogP contribution is -2.45. The maximum Gasteiger partial charge on any atom is 0.472 e. The van der Waals surface area contributed by atoms with Crippen LogP contribution in [0.1, 0.15) is 12.5 Å². The van der Waals surface area contributed by atoms with Crippen LogP contribution in [-0.4, -0.2) is 112 Å². The van der Waals surface area contributed by atoms with Gasteiger partial charge in [0.05, 0.1) is 32.5 Å². The minimum Gasteiger partial charge on any atom is -0.382 e. The zero-order valence-electron chi connectivity index (χ0n) is 24.0. The van der Waals surface area contributed by atoms with Gasteiger partial charge in [-0.15, -0.1) is 0 Å². The number of nitrogens with one attached hydrogen (secondary N) is 1. The van der Waals surface area contributed by atoms with Crippen molar-refractivity contribution in [3.8, 4) is 0 Å². The van der Waals surface area contributed by atoms with Gasteiger partial charge in [0.1, 0.15) is 48.0 Å². The molecular formula is C22H26N10O13P2. The van der Waals surface area contributed by atoms with Gasteiger partial charge in [0.2, 0.25) is 5.95 Å². The molecule has 0 amide bonds. The number of nitrogens with zero attached hydrogens (tertiary/aromatic N) is 7. The van der Waals surface area contributed by atoms with Gasteiger partial charge in [-0.05, 0) is 0 Å². The van der Waals surface area contributed by atoms with Crippen molar-refractivity contribution in [3.63, 3.8) is 0 Å². The largest absolute Gasteiger partial charge is 0.472 e. The van der Waals surface area contributed by atoms with Gasteiger partial charge in [-0.2, -0.15) is 4.98 Å². The average molecular weight is 700 g/mol. The monoisotopic (exact) mass is 700 g/mol. The van der Waals surface area contributed by atoms with E-state index in [9.17, 15) is 23.7 Å². The fourth-order valence-electron chi connectivity index (χ4n) is 6.24. The lowest BCUT2D eigenvalue weighted by molar-refractivity contribution is -0.184. The normalized spacial score (nSPS) is 39.1. The quantitative estimate of drug-likeness (QED) is 0.155. The first-order chi connectivity index (χ1) is 22.4. The van der Waals surface area contributed by atoms with Crippen molar-refractivity contribution in [2.45, 2.75) is 48.6 Å². The number of aromatic amines is 1. The first kappa shape index (κ1) is 30.9. The molecule has 8 rings (SSSR count). The lowest BCUT2D eigenvalue weighted by Gasteiger charge is -2.32. The van der Waals surface area contributed by atoms with Crippen molar-refractivity contribution in [2.24, 2.45) is 0 Å². The van der Waals surface area contributed by atoms with Crippen molar-refractivity contribution >= 4 is 49.7 Å². The van der Waals surface area contributed by atoms with Gasteiger partial charge in [0.15, 0.2) is 35.1 Å². The molecule has 4 fully saturated rings. The Labute approximate surface area is 261 Å². The Bertz CT molecular complexity index is 2040. The topological polar surface area (TPSA) is 308 Å². The van der Waals surface area contributed by atoms with E-state index in [0.29, 0.717) is 0 Å². The zero-order valence-corrected chi connectivity index (χ0v) is 25.7. The second-order valence-electron chi connectivity index (χ2n) is 11.1. The molecular weight excluding hydrogens is 674 g/mol. The summed E-state index contributed by atoms with van der Waals surface area (Å²) < 4.78 is 75.5. The molecule has 0 radical (unpaired) electrons. The minimum absolute atomic E-state index is 0.0485. The van der Waals surface area contributed by atoms with Gasteiger partial charge in [-0.25, -0.2) is 29.1 Å². The van der Waals surface area contributed by atoms with E-state index in [4.69, 9.17) is 48.5 Å². The highest BCUT2D eigenvalue weighted by Crippen LogP contribution is 2.58. The summed E-state index contributed by atoms with van der Waals surface area (Å²) >= 11 is 0. The summed E-state index contributed by atoms with van der Waals surface area (Å²) in [4.78, 5) is 57.1. The number of phosphoric ester groups is 2. The molecule has 7 N–H and O–H groups in total. The number of aromatic nitrogens is 8. The summed E-state index contributed by atoms with van der Waals surface area (Å²) in [5.74, 6) is -0.135. The molecule has 4 aromatic rings. The number of hydrogen-bond acceptors (Lipinski definition) is 18. The molecule has 10 atom stereocenters. The summed E-state index contributed by atoms with van der Waals surface area (Å²) in [6, 6.07) is 0. The maximum atomic E-state index is 13.6. The number of imidazole rings is 2. The summed E-state index contributed by atoms with van der Waals surface area (Å²) in [7, 11) is -8.72. The molecule has 8 heterocycles. The maximum absolute atomic E-state index is 13.6. The first-order valence-corrected chi connectivity index (χ1v) is 16.8. The Balaban J connectivity index is 1.15. The van der Waals surface area contributed by atoms with E-state index in [-0.39, 0.29) is 40.7 Å². The van der Waals surface area contributed by atoms with Crippen LogP contribution in [0.5, 0.6) is 0 Å². The highest BCUT2D eigenvalue weighted by molar-refractivity contribution is 7.47. The number of H-pyrrole nitrogens is 1. The summed E-state index contributed by atoms with van der Waals surface area (Å²) in [6.07, 6.45) is -4.93. The van der Waals surface area contributed by atoms with Crippen LogP contribution < -0.4 is 17.0 Å². The summed E-state index contributed by atoms with van der Waals surface area (Å²) in [5, 5.41) is 0. The predicted octanol–water partition coefficient (Wildman–Crippen LogP) is -1.28. The Morgan fingerprint density at radius 3 is 2.51 bits per heavy atom. The van der Waals surface area contributed by atoms with Gasteiger partial charge >= 0.3 is 15.6 Å². The van der Waals surface area contributed by atoms with Gasteiger partial charge in [-0.3, -0.25) is 37.0 Å². The van der Waals surface area contributed by atoms with Crippen molar-refractivity contribution in [3.05, 3.63) is 29.3 Å². The molecule has 10 unspecified atom stereocenters. The molecule has 25 heteroatoms. The molecule has 252 valence electrons. The van der Waals surface area contributed by atoms with Crippen molar-refractivity contribution in [2.75, 3.05) is 38.4 Å². The Morgan fingerprint density at radius 1 is 0.979 bits per heavy atom. The van der Waals surface area contributed by atoms with Crippen LogP contribution >= 0.6 is 15.6 Å². The second kappa shape index (κ2) is 10.8. The van der Waals surface area contributed by atoms with Gasteiger partial charge < -0.3 is 40.2 Å². The third-order valence-electron chi connectivity index (χ3n) is 8.29. The molecule has 4 aliphatic rings. The van der Waals surface area contributed by atoms with Crippen LogP contribution in [0.4, 0.5) is 11.8 Å². The molecule has 4 aromatic heterocycles. The molecule has 0 saturated carbocycles. The van der Waals surface area contributed by atoms with E-state index in [1.54, 1.807) is 0 Å². The fraction of sp³-hybridized carbons (Fsp3) is 0.545. The van der Waals surface area contributed by atoms with Crippen LogP contribution in [0.25, 0.3) is 22.3 Å². The first-order valence-electron chi connectivity index (χ1n) is 13.8. The van der Waals surface area contributed by atoms with Crippen LogP contribution in [0.3, 0.4) is 0 Å². The lowest BCUT2D eigenvalue weighted by atomic mass is 10.0. The predicted molar refractivity (Wildman–Crippen MR) is 151 cm³/mol. The minimum atomic E-state index is -5.04.